The Morgan fingerprint density at radius 1 is 1.53 bits per heavy atom. The van der Waals surface area contributed by atoms with Crippen molar-refractivity contribution in [1.82, 2.24) is 10.6 Å². The minimum Gasteiger partial charge on any atom is -0.383 e. The van der Waals surface area contributed by atoms with Crippen molar-refractivity contribution in [1.29, 1.82) is 0 Å². The van der Waals surface area contributed by atoms with E-state index < -0.39 is 0 Å². The van der Waals surface area contributed by atoms with Crippen molar-refractivity contribution >= 4 is 5.91 Å². The molecular weight excluding hydrogens is 218 g/mol. The number of amides is 1. The zero-order valence-electron chi connectivity index (χ0n) is 10.7. The number of hydrogen-bond acceptors (Lipinski definition) is 4. The van der Waals surface area contributed by atoms with Crippen molar-refractivity contribution in [3.8, 4) is 0 Å². The Balaban J connectivity index is 2.05. The van der Waals surface area contributed by atoms with E-state index in [9.17, 15) is 4.79 Å². The predicted octanol–water partition coefficient (Wildman–Crippen LogP) is -0.00140. The first-order valence-corrected chi connectivity index (χ1v) is 6.48. The highest BCUT2D eigenvalue weighted by molar-refractivity contribution is 5.76. The monoisotopic (exact) mass is 243 g/mol. The van der Waals surface area contributed by atoms with Gasteiger partial charge in [0.25, 0.3) is 0 Å². The van der Waals surface area contributed by atoms with E-state index in [0.717, 1.165) is 25.7 Å². The predicted molar refractivity (Wildman–Crippen MR) is 67.7 cm³/mol. The van der Waals surface area contributed by atoms with Crippen molar-refractivity contribution in [3.05, 3.63) is 0 Å². The summed E-state index contributed by atoms with van der Waals surface area (Å²) in [6, 6.07) is 0.756. The first-order valence-electron chi connectivity index (χ1n) is 6.48. The zero-order chi connectivity index (χ0) is 12.5. The molecule has 0 radical (unpaired) electrons. The Labute approximate surface area is 103 Å². The molecular formula is C12H25N3O2. The van der Waals surface area contributed by atoms with E-state index in [0.29, 0.717) is 38.2 Å². The van der Waals surface area contributed by atoms with Crippen LogP contribution in [0.5, 0.6) is 0 Å². The van der Waals surface area contributed by atoms with Gasteiger partial charge < -0.3 is 21.1 Å². The second-order valence-corrected chi connectivity index (χ2v) is 4.63. The van der Waals surface area contributed by atoms with Gasteiger partial charge in [0.15, 0.2) is 0 Å². The molecule has 4 N–H and O–H groups in total. The van der Waals surface area contributed by atoms with E-state index in [1.54, 1.807) is 7.11 Å². The fourth-order valence-electron chi connectivity index (χ4n) is 1.73. The molecule has 1 fully saturated rings. The molecule has 0 spiro atoms. The number of nitrogens with one attached hydrogen (secondary N) is 2. The maximum absolute atomic E-state index is 11.4. The summed E-state index contributed by atoms with van der Waals surface area (Å²) in [7, 11) is 1.69. The second-order valence-electron chi connectivity index (χ2n) is 4.63. The first-order chi connectivity index (χ1) is 8.26. The van der Waals surface area contributed by atoms with Gasteiger partial charge in [-0.3, -0.25) is 4.79 Å². The Morgan fingerprint density at radius 3 is 2.88 bits per heavy atom. The van der Waals surface area contributed by atoms with Gasteiger partial charge in [-0.1, -0.05) is 0 Å². The second kappa shape index (κ2) is 8.44. The molecule has 1 atom stereocenters. The number of hydrogen-bond donors (Lipinski definition) is 3. The van der Waals surface area contributed by atoms with Crippen LogP contribution in [0.4, 0.5) is 0 Å². The van der Waals surface area contributed by atoms with E-state index in [1.165, 1.54) is 0 Å². The number of rotatable bonds is 10. The van der Waals surface area contributed by atoms with Crippen LogP contribution in [0.15, 0.2) is 0 Å². The first kappa shape index (κ1) is 14.4. The van der Waals surface area contributed by atoms with E-state index >= 15 is 0 Å². The summed E-state index contributed by atoms with van der Waals surface area (Å²) in [4.78, 5) is 11.4. The topological polar surface area (TPSA) is 76.4 Å². The maximum Gasteiger partial charge on any atom is 0.221 e. The standard InChI is InChI=1S/C12H25N3O2/c1-17-9-11(3-2-7-13)14-8-6-12(16)15-10-4-5-10/h10-11,14H,2-9,13H2,1H3,(H,15,16). The molecule has 1 saturated carbocycles. The lowest BCUT2D eigenvalue weighted by Gasteiger charge is -2.17. The fourth-order valence-corrected chi connectivity index (χ4v) is 1.73. The molecule has 0 bridgehead atoms. The van der Waals surface area contributed by atoms with Crippen LogP contribution < -0.4 is 16.4 Å². The number of carbonyl (C=O) groups excluding carboxylic acids is 1. The summed E-state index contributed by atoms with van der Waals surface area (Å²) in [6.07, 6.45) is 4.80. The Bertz CT molecular complexity index is 220. The van der Waals surface area contributed by atoms with Crippen LogP contribution in [0.2, 0.25) is 0 Å². The van der Waals surface area contributed by atoms with Gasteiger partial charge in [-0.05, 0) is 32.2 Å². The van der Waals surface area contributed by atoms with Gasteiger partial charge in [0.1, 0.15) is 0 Å². The largest absolute Gasteiger partial charge is 0.383 e. The molecule has 1 aliphatic rings. The smallest absolute Gasteiger partial charge is 0.221 e. The average Bonchev–Trinajstić information content (AvgIpc) is 3.09. The highest BCUT2D eigenvalue weighted by atomic mass is 16.5. The average molecular weight is 243 g/mol. The lowest BCUT2D eigenvalue weighted by molar-refractivity contribution is -0.121. The summed E-state index contributed by atoms with van der Waals surface area (Å²) in [5.41, 5.74) is 5.48. The van der Waals surface area contributed by atoms with Crippen LogP contribution in [-0.2, 0) is 9.53 Å². The van der Waals surface area contributed by atoms with Gasteiger partial charge in [-0.25, -0.2) is 0 Å². The van der Waals surface area contributed by atoms with Crippen LogP contribution in [0.3, 0.4) is 0 Å². The summed E-state index contributed by atoms with van der Waals surface area (Å²) >= 11 is 0. The minimum absolute atomic E-state index is 0.148. The summed E-state index contributed by atoms with van der Waals surface area (Å²) in [5, 5.41) is 6.31. The van der Waals surface area contributed by atoms with Crippen molar-refractivity contribution < 1.29 is 9.53 Å². The maximum atomic E-state index is 11.4. The molecule has 17 heavy (non-hydrogen) atoms. The molecule has 5 nitrogen and oxygen atoms in total. The molecule has 0 aromatic heterocycles. The Hall–Kier alpha value is -0.650. The number of carbonyl (C=O) groups is 1. The Morgan fingerprint density at radius 2 is 2.29 bits per heavy atom. The van der Waals surface area contributed by atoms with Crippen molar-refractivity contribution in [2.24, 2.45) is 5.73 Å². The molecule has 1 rings (SSSR count). The van der Waals surface area contributed by atoms with Crippen LogP contribution in [-0.4, -0.2) is 44.8 Å². The van der Waals surface area contributed by atoms with Gasteiger partial charge in [0, 0.05) is 32.2 Å². The van der Waals surface area contributed by atoms with E-state index in [-0.39, 0.29) is 5.91 Å². The van der Waals surface area contributed by atoms with Gasteiger partial charge in [-0.2, -0.15) is 0 Å². The summed E-state index contributed by atoms with van der Waals surface area (Å²) < 4.78 is 5.13. The van der Waals surface area contributed by atoms with Crippen LogP contribution in [0.25, 0.3) is 0 Å². The lowest BCUT2D eigenvalue weighted by atomic mass is 10.1. The quantitative estimate of drug-likeness (QED) is 0.505. The zero-order valence-corrected chi connectivity index (χ0v) is 10.7. The third-order valence-electron chi connectivity index (χ3n) is 2.85. The third kappa shape index (κ3) is 7.31. The van der Waals surface area contributed by atoms with Crippen LogP contribution in [0, 0.1) is 0 Å². The van der Waals surface area contributed by atoms with Gasteiger partial charge >= 0.3 is 0 Å². The Kier molecular flexibility index (Phi) is 7.16. The molecule has 0 saturated heterocycles. The fraction of sp³-hybridized carbons (Fsp3) is 0.917. The molecule has 0 heterocycles. The summed E-state index contributed by atoms with van der Waals surface area (Å²) in [5.74, 6) is 0.148. The number of nitrogens with two attached hydrogens (primary N) is 1. The third-order valence-corrected chi connectivity index (χ3v) is 2.85. The van der Waals surface area contributed by atoms with Crippen molar-refractivity contribution in [2.75, 3.05) is 26.8 Å². The van der Waals surface area contributed by atoms with Crippen molar-refractivity contribution in [3.63, 3.8) is 0 Å². The molecule has 1 aliphatic carbocycles. The molecule has 100 valence electrons. The number of ether oxygens (including phenoxy) is 1. The van der Waals surface area contributed by atoms with Crippen molar-refractivity contribution in [2.45, 2.75) is 44.2 Å². The molecule has 0 aliphatic heterocycles. The lowest BCUT2D eigenvalue weighted by Crippen LogP contribution is -2.37. The van der Waals surface area contributed by atoms with Crippen LogP contribution >= 0.6 is 0 Å². The SMILES string of the molecule is COCC(CCCN)NCCC(=O)NC1CC1. The molecule has 1 amide bonds. The van der Waals surface area contributed by atoms with E-state index in [4.69, 9.17) is 10.5 Å². The van der Waals surface area contributed by atoms with Gasteiger partial charge in [0.2, 0.25) is 5.91 Å². The van der Waals surface area contributed by atoms with Gasteiger partial charge in [0.05, 0.1) is 6.61 Å². The summed E-state index contributed by atoms with van der Waals surface area (Å²) in [6.45, 7) is 2.07. The van der Waals surface area contributed by atoms with Crippen LogP contribution in [0.1, 0.15) is 32.1 Å². The minimum atomic E-state index is 0.148. The molecule has 0 aromatic carbocycles. The van der Waals surface area contributed by atoms with Gasteiger partial charge in [-0.15, -0.1) is 0 Å². The molecule has 1 unspecified atom stereocenters. The highest BCUT2D eigenvalue weighted by Crippen LogP contribution is 2.18. The molecule has 5 heteroatoms. The van der Waals surface area contributed by atoms with E-state index in [1.807, 2.05) is 0 Å². The molecule has 0 aromatic rings. The highest BCUT2D eigenvalue weighted by Gasteiger charge is 2.22. The number of methoxy groups -OCH3 is 1. The van der Waals surface area contributed by atoms with E-state index in [2.05, 4.69) is 10.6 Å². The normalized spacial score (nSPS) is 16.8.